The highest BCUT2D eigenvalue weighted by molar-refractivity contribution is 7.89. The molecular weight excluding hydrogens is 366 g/mol. The van der Waals surface area contributed by atoms with Crippen LogP contribution in [0.4, 0.5) is 0 Å². The van der Waals surface area contributed by atoms with Gasteiger partial charge in [-0.25, -0.2) is 18.1 Å². The first kappa shape index (κ1) is 19.2. The first-order valence-electron chi connectivity index (χ1n) is 8.85. The summed E-state index contributed by atoms with van der Waals surface area (Å²) in [7, 11) is -3.65. The number of imidazole rings is 1. The number of fused-ring (bicyclic) bond motifs is 1. The first-order chi connectivity index (χ1) is 13.0. The summed E-state index contributed by atoms with van der Waals surface area (Å²) in [5.74, 6) is 0.950. The molecule has 144 valence electrons. The summed E-state index contributed by atoms with van der Waals surface area (Å²) in [6, 6.07) is 10.4. The van der Waals surface area contributed by atoms with E-state index in [1.807, 2.05) is 48.8 Å². The molecule has 3 rings (SSSR count). The fourth-order valence-electron chi connectivity index (χ4n) is 2.70. The van der Waals surface area contributed by atoms with Crippen LogP contribution in [0.2, 0.25) is 0 Å². The summed E-state index contributed by atoms with van der Waals surface area (Å²) < 4.78 is 40.7. The van der Waals surface area contributed by atoms with Crippen molar-refractivity contribution >= 4 is 15.7 Å². The predicted molar refractivity (Wildman–Crippen MR) is 103 cm³/mol. The summed E-state index contributed by atoms with van der Waals surface area (Å²) in [5, 5.41) is 0. The summed E-state index contributed by atoms with van der Waals surface area (Å²) in [5.41, 5.74) is 1.66. The second-order valence-corrected chi connectivity index (χ2v) is 7.59. The molecule has 8 heteroatoms. The van der Waals surface area contributed by atoms with Gasteiger partial charge >= 0.3 is 0 Å². The highest BCUT2D eigenvalue weighted by Crippen LogP contribution is 2.30. The lowest BCUT2D eigenvalue weighted by Gasteiger charge is -2.13. The van der Waals surface area contributed by atoms with Gasteiger partial charge in [0.15, 0.2) is 11.5 Å². The molecule has 0 aliphatic heterocycles. The van der Waals surface area contributed by atoms with Gasteiger partial charge < -0.3 is 13.9 Å². The molecule has 0 amide bonds. The number of nitrogens with one attached hydrogen (secondary N) is 1. The molecule has 7 nitrogen and oxygen atoms in total. The Labute approximate surface area is 159 Å². The number of hydrogen-bond donors (Lipinski definition) is 1. The predicted octanol–water partition coefficient (Wildman–Crippen LogP) is 2.65. The quantitative estimate of drug-likeness (QED) is 0.608. The van der Waals surface area contributed by atoms with Crippen LogP contribution in [-0.2, 0) is 16.4 Å². The van der Waals surface area contributed by atoms with Gasteiger partial charge in [-0.05, 0) is 38.1 Å². The van der Waals surface area contributed by atoms with Gasteiger partial charge in [0.05, 0.1) is 23.8 Å². The Morgan fingerprint density at radius 1 is 1.07 bits per heavy atom. The zero-order valence-electron chi connectivity index (χ0n) is 15.4. The molecule has 0 spiro atoms. The van der Waals surface area contributed by atoms with Gasteiger partial charge in [0.2, 0.25) is 10.0 Å². The van der Waals surface area contributed by atoms with Crippen molar-refractivity contribution in [3.05, 3.63) is 54.5 Å². The minimum atomic E-state index is -3.65. The number of benzene rings is 1. The van der Waals surface area contributed by atoms with Gasteiger partial charge in [0, 0.05) is 31.4 Å². The van der Waals surface area contributed by atoms with Crippen LogP contribution in [0.3, 0.4) is 0 Å². The van der Waals surface area contributed by atoms with Gasteiger partial charge in [0.1, 0.15) is 5.65 Å². The largest absolute Gasteiger partial charge is 0.490 e. The number of hydrogen-bond acceptors (Lipinski definition) is 5. The van der Waals surface area contributed by atoms with Gasteiger partial charge in [-0.2, -0.15) is 0 Å². The van der Waals surface area contributed by atoms with Crippen molar-refractivity contribution in [3.8, 4) is 11.5 Å². The number of pyridine rings is 1. The molecule has 0 saturated carbocycles. The van der Waals surface area contributed by atoms with Gasteiger partial charge in [-0.1, -0.05) is 6.07 Å². The standard InChI is InChI=1S/C19H23N3O4S/c1-3-25-17-9-8-16(13-18(17)26-4-2)27(23,24)20-11-10-15-14-22-12-6-5-7-19(22)21-15/h5-9,12-14,20H,3-4,10-11H2,1-2H3. The second-order valence-electron chi connectivity index (χ2n) is 5.82. The lowest BCUT2D eigenvalue weighted by atomic mass is 10.3. The van der Waals surface area contributed by atoms with Crippen LogP contribution < -0.4 is 14.2 Å². The van der Waals surface area contributed by atoms with E-state index in [1.165, 1.54) is 12.1 Å². The Balaban J connectivity index is 1.69. The van der Waals surface area contributed by atoms with E-state index < -0.39 is 10.0 Å². The van der Waals surface area contributed by atoms with Gasteiger partial charge in [-0.15, -0.1) is 0 Å². The monoisotopic (exact) mass is 389 g/mol. The topological polar surface area (TPSA) is 81.9 Å². The van der Waals surface area contributed by atoms with E-state index in [9.17, 15) is 8.42 Å². The Hall–Kier alpha value is -2.58. The van der Waals surface area contributed by atoms with Crippen LogP contribution in [0, 0.1) is 0 Å². The van der Waals surface area contributed by atoms with E-state index in [1.54, 1.807) is 6.07 Å². The van der Waals surface area contributed by atoms with Crippen molar-refractivity contribution in [2.75, 3.05) is 19.8 Å². The van der Waals surface area contributed by atoms with Crippen molar-refractivity contribution in [3.63, 3.8) is 0 Å². The molecule has 1 N–H and O–H groups in total. The number of nitrogens with zero attached hydrogens (tertiary/aromatic N) is 2. The zero-order chi connectivity index (χ0) is 19.3. The molecule has 0 aliphatic rings. The average molecular weight is 389 g/mol. The van der Waals surface area contributed by atoms with Crippen LogP contribution in [0.5, 0.6) is 11.5 Å². The van der Waals surface area contributed by atoms with Crippen LogP contribution in [0.1, 0.15) is 19.5 Å². The van der Waals surface area contributed by atoms with E-state index in [2.05, 4.69) is 9.71 Å². The molecule has 3 aromatic rings. The van der Waals surface area contributed by atoms with Gasteiger partial charge in [0.25, 0.3) is 0 Å². The van der Waals surface area contributed by atoms with Crippen molar-refractivity contribution in [1.82, 2.24) is 14.1 Å². The minimum Gasteiger partial charge on any atom is -0.490 e. The van der Waals surface area contributed by atoms with Crippen LogP contribution in [0.15, 0.2) is 53.7 Å². The maximum Gasteiger partial charge on any atom is 0.240 e. The van der Waals surface area contributed by atoms with E-state index >= 15 is 0 Å². The van der Waals surface area contributed by atoms with E-state index in [4.69, 9.17) is 9.47 Å². The summed E-state index contributed by atoms with van der Waals surface area (Å²) in [6.07, 6.45) is 4.30. The Morgan fingerprint density at radius 3 is 2.59 bits per heavy atom. The zero-order valence-corrected chi connectivity index (χ0v) is 16.2. The van der Waals surface area contributed by atoms with E-state index in [0.29, 0.717) is 31.1 Å². The molecule has 0 aliphatic carbocycles. The third kappa shape index (κ3) is 4.58. The average Bonchev–Trinajstić information content (AvgIpc) is 3.06. The third-order valence-electron chi connectivity index (χ3n) is 3.91. The fourth-order valence-corrected chi connectivity index (χ4v) is 3.75. The number of aromatic nitrogens is 2. The van der Waals surface area contributed by atoms with Gasteiger partial charge in [-0.3, -0.25) is 0 Å². The second kappa shape index (κ2) is 8.41. The number of sulfonamides is 1. The fraction of sp³-hybridized carbons (Fsp3) is 0.316. The van der Waals surface area contributed by atoms with Crippen molar-refractivity contribution in [1.29, 1.82) is 0 Å². The molecular formula is C19H23N3O4S. The third-order valence-corrected chi connectivity index (χ3v) is 5.37. The van der Waals surface area contributed by atoms with Crippen LogP contribution in [0.25, 0.3) is 5.65 Å². The number of ether oxygens (including phenoxy) is 2. The lowest BCUT2D eigenvalue weighted by molar-refractivity contribution is 0.287. The van der Waals surface area contributed by atoms with Crippen LogP contribution in [-0.4, -0.2) is 37.6 Å². The lowest BCUT2D eigenvalue weighted by Crippen LogP contribution is -2.26. The molecule has 0 radical (unpaired) electrons. The van der Waals surface area contributed by atoms with E-state index in [0.717, 1.165) is 11.3 Å². The summed E-state index contributed by atoms with van der Waals surface area (Å²) >= 11 is 0. The molecule has 0 fully saturated rings. The highest BCUT2D eigenvalue weighted by Gasteiger charge is 2.17. The normalized spacial score (nSPS) is 11.6. The molecule has 0 bridgehead atoms. The Kier molecular flexibility index (Phi) is 5.98. The number of rotatable bonds is 9. The van der Waals surface area contributed by atoms with Crippen molar-refractivity contribution < 1.29 is 17.9 Å². The SMILES string of the molecule is CCOc1ccc(S(=O)(=O)NCCc2cn3ccccc3n2)cc1OCC. The van der Waals surface area contributed by atoms with Crippen molar-refractivity contribution in [2.24, 2.45) is 0 Å². The maximum absolute atomic E-state index is 12.6. The molecule has 0 unspecified atom stereocenters. The van der Waals surface area contributed by atoms with E-state index in [-0.39, 0.29) is 11.4 Å². The Morgan fingerprint density at radius 2 is 1.85 bits per heavy atom. The maximum atomic E-state index is 12.6. The molecule has 0 saturated heterocycles. The Bertz CT molecular complexity index is 982. The molecule has 27 heavy (non-hydrogen) atoms. The molecule has 1 aromatic carbocycles. The smallest absolute Gasteiger partial charge is 0.240 e. The minimum absolute atomic E-state index is 0.143. The highest BCUT2D eigenvalue weighted by atomic mass is 32.2. The van der Waals surface area contributed by atoms with Crippen molar-refractivity contribution in [2.45, 2.75) is 25.2 Å². The first-order valence-corrected chi connectivity index (χ1v) is 10.3. The molecule has 0 atom stereocenters. The summed E-state index contributed by atoms with van der Waals surface area (Å²) in [6.45, 7) is 4.85. The molecule has 2 heterocycles. The van der Waals surface area contributed by atoms with Crippen LogP contribution >= 0.6 is 0 Å². The molecule has 2 aromatic heterocycles. The summed E-state index contributed by atoms with van der Waals surface area (Å²) in [4.78, 5) is 4.61.